The van der Waals surface area contributed by atoms with Crippen LogP contribution < -0.4 is 10.6 Å². The van der Waals surface area contributed by atoms with Crippen molar-refractivity contribution in [2.75, 3.05) is 10.6 Å². The number of amides is 2. The van der Waals surface area contributed by atoms with E-state index in [4.69, 9.17) is 0 Å². The summed E-state index contributed by atoms with van der Waals surface area (Å²) in [5.74, 6) is 0. The lowest BCUT2D eigenvalue weighted by molar-refractivity contribution is 0.262. The second kappa shape index (κ2) is 5.85. The first-order chi connectivity index (χ1) is 10.2. The van der Waals surface area contributed by atoms with Crippen LogP contribution in [0.15, 0.2) is 65.7 Å². The summed E-state index contributed by atoms with van der Waals surface area (Å²) < 4.78 is 0. The van der Waals surface area contributed by atoms with Gasteiger partial charge in [0.05, 0.1) is 16.9 Å². The van der Waals surface area contributed by atoms with Gasteiger partial charge in [-0.2, -0.15) is 0 Å². The monoisotopic (exact) mass is 295 g/mol. The molecule has 0 fully saturated rings. The van der Waals surface area contributed by atoms with E-state index in [-0.39, 0.29) is 6.03 Å². The van der Waals surface area contributed by atoms with Crippen molar-refractivity contribution in [1.29, 1.82) is 0 Å². The number of para-hydroxylation sites is 2. The molecule has 104 valence electrons. The van der Waals surface area contributed by atoms with Crippen LogP contribution in [-0.4, -0.2) is 11.0 Å². The predicted molar refractivity (Wildman–Crippen MR) is 88.1 cm³/mol. The molecule has 0 aliphatic rings. The Balaban J connectivity index is 1.82. The zero-order chi connectivity index (χ0) is 14.7. The van der Waals surface area contributed by atoms with E-state index in [1.807, 2.05) is 48.5 Å². The molecule has 1 aromatic heterocycles. The molecule has 0 spiro atoms. The molecule has 0 unspecified atom stereocenters. The summed E-state index contributed by atoms with van der Waals surface area (Å²) in [4.78, 5) is 17.1. The third-order valence-corrected chi connectivity index (χ3v) is 3.42. The van der Waals surface area contributed by atoms with Gasteiger partial charge in [0.15, 0.2) is 0 Å². The maximum atomic E-state index is 12.1. The van der Waals surface area contributed by atoms with Gasteiger partial charge < -0.3 is 10.6 Å². The SMILES string of the molecule is O=C(Nc1ccccc1S)Nc1cccc2cccnc12. The molecule has 2 N–H and O–H groups in total. The minimum absolute atomic E-state index is 0.324. The average Bonchev–Trinajstić information content (AvgIpc) is 2.50. The highest BCUT2D eigenvalue weighted by molar-refractivity contribution is 7.80. The number of benzene rings is 2. The molecule has 2 aromatic carbocycles. The van der Waals surface area contributed by atoms with Crippen LogP contribution in [0.3, 0.4) is 0 Å². The van der Waals surface area contributed by atoms with E-state index in [0.29, 0.717) is 16.3 Å². The summed E-state index contributed by atoms with van der Waals surface area (Å²) >= 11 is 4.30. The van der Waals surface area contributed by atoms with E-state index in [9.17, 15) is 4.79 Å². The Morgan fingerprint density at radius 2 is 1.62 bits per heavy atom. The standard InChI is InChI=1S/C16H13N3OS/c20-16(18-12-7-1-2-9-14(12)21)19-13-8-3-5-11-6-4-10-17-15(11)13/h1-10,21H,(H2,18,19,20). The Morgan fingerprint density at radius 3 is 2.48 bits per heavy atom. The fourth-order valence-corrected chi connectivity index (χ4v) is 2.28. The number of hydrogen-bond acceptors (Lipinski definition) is 3. The summed E-state index contributed by atoms with van der Waals surface area (Å²) in [6, 6.07) is 16.5. The smallest absolute Gasteiger partial charge is 0.307 e. The molecule has 0 atom stereocenters. The van der Waals surface area contributed by atoms with Crippen molar-refractivity contribution < 1.29 is 4.79 Å². The van der Waals surface area contributed by atoms with Gasteiger partial charge in [-0.25, -0.2) is 4.79 Å². The number of carbonyl (C=O) groups is 1. The van der Waals surface area contributed by atoms with Gasteiger partial charge in [-0.3, -0.25) is 4.98 Å². The van der Waals surface area contributed by atoms with Crippen LogP contribution in [0.4, 0.5) is 16.2 Å². The zero-order valence-corrected chi connectivity index (χ0v) is 12.0. The first kappa shape index (κ1) is 13.5. The number of pyridine rings is 1. The molecule has 3 aromatic rings. The summed E-state index contributed by atoms with van der Waals surface area (Å²) in [6.07, 6.45) is 1.70. The summed E-state index contributed by atoms with van der Waals surface area (Å²) in [7, 11) is 0. The molecule has 0 aliphatic carbocycles. The second-order valence-corrected chi connectivity index (χ2v) is 4.96. The number of nitrogens with one attached hydrogen (secondary N) is 2. The van der Waals surface area contributed by atoms with Gasteiger partial charge in [-0.15, -0.1) is 12.6 Å². The van der Waals surface area contributed by atoms with Crippen LogP contribution >= 0.6 is 12.6 Å². The van der Waals surface area contributed by atoms with Crippen LogP contribution in [0.25, 0.3) is 10.9 Å². The first-order valence-corrected chi connectivity index (χ1v) is 6.88. The highest BCUT2D eigenvalue weighted by Gasteiger charge is 2.07. The largest absolute Gasteiger partial charge is 0.323 e. The van der Waals surface area contributed by atoms with Gasteiger partial charge >= 0.3 is 6.03 Å². The highest BCUT2D eigenvalue weighted by Crippen LogP contribution is 2.22. The molecule has 21 heavy (non-hydrogen) atoms. The van der Waals surface area contributed by atoms with Crippen molar-refractivity contribution in [2.45, 2.75) is 4.90 Å². The highest BCUT2D eigenvalue weighted by atomic mass is 32.1. The lowest BCUT2D eigenvalue weighted by Crippen LogP contribution is -2.19. The van der Waals surface area contributed by atoms with Crippen molar-refractivity contribution in [3.8, 4) is 0 Å². The summed E-state index contributed by atoms with van der Waals surface area (Å²) in [5, 5.41) is 6.56. The quantitative estimate of drug-likeness (QED) is 0.622. The number of urea groups is 1. The van der Waals surface area contributed by atoms with E-state index in [1.54, 1.807) is 12.3 Å². The zero-order valence-electron chi connectivity index (χ0n) is 11.1. The molecule has 5 heteroatoms. The first-order valence-electron chi connectivity index (χ1n) is 6.44. The number of nitrogens with zero attached hydrogens (tertiary/aromatic N) is 1. The van der Waals surface area contributed by atoms with Crippen molar-refractivity contribution in [1.82, 2.24) is 4.98 Å². The summed E-state index contributed by atoms with van der Waals surface area (Å²) in [6.45, 7) is 0. The maximum absolute atomic E-state index is 12.1. The predicted octanol–water partition coefficient (Wildman–Crippen LogP) is 4.17. The van der Waals surface area contributed by atoms with E-state index >= 15 is 0 Å². The van der Waals surface area contributed by atoms with E-state index in [1.165, 1.54) is 0 Å². The third kappa shape index (κ3) is 2.98. The van der Waals surface area contributed by atoms with Crippen LogP contribution in [0.2, 0.25) is 0 Å². The Bertz CT molecular complexity index is 799. The van der Waals surface area contributed by atoms with Crippen molar-refractivity contribution in [2.24, 2.45) is 0 Å². The third-order valence-electron chi connectivity index (χ3n) is 3.03. The molecule has 0 bridgehead atoms. The minimum Gasteiger partial charge on any atom is -0.307 e. The molecule has 0 saturated heterocycles. The maximum Gasteiger partial charge on any atom is 0.323 e. The fourth-order valence-electron chi connectivity index (χ4n) is 2.06. The Labute approximate surface area is 127 Å². The van der Waals surface area contributed by atoms with Crippen molar-refractivity contribution in [3.63, 3.8) is 0 Å². The Kier molecular flexibility index (Phi) is 3.75. The normalized spacial score (nSPS) is 10.3. The number of thiol groups is 1. The molecular weight excluding hydrogens is 282 g/mol. The average molecular weight is 295 g/mol. The van der Waals surface area contributed by atoms with E-state index < -0.39 is 0 Å². The molecule has 0 aliphatic heterocycles. The van der Waals surface area contributed by atoms with Gasteiger partial charge in [0.2, 0.25) is 0 Å². The van der Waals surface area contributed by atoms with Crippen LogP contribution in [0.1, 0.15) is 0 Å². The van der Waals surface area contributed by atoms with E-state index in [0.717, 1.165) is 10.9 Å². The fraction of sp³-hybridized carbons (Fsp3) is 0. The molecule has 1 heterocycles. The number of carbonyl (C=O) groups excluding carboxylic acids is 1. The lowest BCUT2D eigenvalue weighted by Gasteiger charge is -2.10. The van der Waals surface area contributed by atoms with Gasteiger partial charge in [0, 0.05) is 16.5 Å². The Hall–Kier alpha value is -2.53. The second-order valence-electron chi connectivity index (χ2n) is 4.48. The topological polar surface area (TPSA) is 54.0 Å². The summed E-state index contributed by atoms with van der Waals surface area (Å²) in [5.41, 5.74) is 2.09. The Morgan fingerprint density at radius 1 is 0.905 bits per heavy atom. The van der Waals surface area contributed by atoms with Crippen LogP contribution in [-0.2, 0) is 0 Å². The van der Waals surface area contributed by atoms with Crippen LogP contribution in [0.5, 0.6) is 0 Å². The van der Waals surface area contributed by atoms with Gasteiger partial charge in [-0.1, -0.05) is 30.3 Å². The van der Waals surface area contributed by atoms with Gasteiger partial charge in [-0.05, 0) is 24.3 Å². The van der Waals surface area contributed by atoms with Gasteiger partial charge in [0.25, 0.3) is 0 Å². The number of rotatable bonds is 2. The van der Waals surface area contributed by atoms with E-state index in [2.05, 4.69) is 28.2 Å². The number of anilines is 2. The van der Waals surface area contributed by atoms with Crippen LogP contribution in [0, 0.1) is 0 Å². The number of hydrogen-bond donors (Lipinski definition) is 3. The van der Waals surface area contributed by atoms with Crippen molar-refractivity contribution >= 4 is 40.9 Å². The number of aromatic nitrogens is 1. The molecule has 0 radical (unpaired) electrons. The molecule has 3 rings (SSSR count). The molecular formula is C16H13N3OS. The molecule has 2 amide bonds. The van der Waals surface area contributed by atoms with Gasteiger partial charge in [0.1, 0.15) is 0 Å². The van der Waals surface area contributed by atoms with Crippen molar-refractivity contribution in [3.05, 3.63) is 60.8 Å². The number of fused-ring (bicyclic) bond motifs is 1. The lowest BCUT2D eigenvalue weighted by atomic mass is 10.2. The molecule has 0 saturated carbocycles. The minimum atomic E-state index is -0.324. The molecule has 4 nitrogen and oxygen atoms in total.